The second-order valence-electron chi connectivity index (χ2n) is 7.88. The lowest BCUT2D eigenvalue weighted by Crippen LogP contribution is -2.51. The number of rotatable bonds is 1. The summed E-state index contributed by atoms with van der Waals surface area (Å²) in [5, 5.41) is 0. The summed E-state index contributed by atoms with van der Waals surface area (Å²) in [6.45, 7) is 0. The van der Waals surface area contributed by atoms with Crippen molar-refractivity contribution in [2.75, 3.05) is 0 Å². The molecule has 0 aromatic heterocycles. The lowest BCUT2D eigenvalue weighted by molar-refractivity contribution is -0.138. The van der Waals surface area contributed by atoms with Crippen LogP contribution in [-0.4, -0.2) is 28.9 Å². The van der Waals surface area contributed by atoms with Gasteiger partial charge in [0, 0.05) is 24.0 Å². The highest BCUT2D eigenvalue weighted by atomic mass is 16.2. The highest BCUT2D eigenvalue weighted by Crippen LogP contribution is 2.70. The fraction of sp³-hybridized carbons (Fsp3) is 0.938. The number of nitrogens with zero attached hydrogens (tertiary/aromatic N) is 1. The van der Waals surface area contributed by atoms with Crippen molar-refractivity contribution in [1.29, 1.82) is 0 Å². The molecule has 5 rings (SSSR count). The van der Waals surface area contributed by atoms with E-state index in [9.17, 15) is 4.79 Å². The molecule has 5 fully saturated rings. The average molecular weight is 260 g/mol. The van der Waals surface area contributed by atoms with Crippen molar-refractivity contribution >= 4 is 5.91 Å². The van der Waals surface area contributed by atoms with Crippen LogP contribution in [0, 0.1) is 29.6 Å². The highest BCUT2D eigenvalue weighted by molar-refractivity contribution is 5.84. The number of nitrogens with two attached hydrogens (primary N) is 1. The van der Waals surface area contributed by atoms with Crippen LogP contribution in [0.1, 0.15) is 44.9 Å². The number of hydrogen-bond acceptors (Lipinski definition) is 2. The summed E-state index contributed by atoms with van der Waals surface area (Å²) in [6.07, 6.45) is 8.78. The normalized spacial score (nSPS) is 57.4. The third kappa shape index (κ3) is 1.35. The van der Waals surface area contributed by atoms with Gasteiger partial charge in [0.1, 0.15) is 0 Å². The molecule has 2 aliphatic heterocycles. The minimum Gasteiger partial charge on any atom is -0.336 e. The molecular formula is C16H24N2O. The molecule has 0 spiro atoms. The van der Waals surface area contributed by atoms with Crippen molar-refractivity contribution in [3.63, 3.8) is 0 Å². The van der Waals surface area contributed by atoms with Crippen LogP contribution >= 0.6 is 0 Å². The second-order valence-corrected chi connectivity index (χ2v) is 7.88. The van der Waals surface area contributed by atoms with Gasteiger partial charge in [0.2, 0.25) is 5.91 Å². The number of hydrogen-bond donors (Lipinski definition) is 1. The lowest BCUT2D eigenvalue weighted by atomic mass is 9.95. The smallest absolute Gasteiger partial charge is 0.226 e. The van der Waals surface area contributed by atoms with Crippen LogP contribution in [0.2, 0.25) is 0 Å². The number of carbonyl (C=O) groups is 1. The van der Waals surface area contributed by atoms with Crippen LogP contribution < -0.4 is 5.73 Å². The Labute approximate surface area is 114 Å². The van der Waals surface area contributed by atoms with Gasteiger partial charge < -0.3 is 10.6 Å². The van der Waals surface area contributed by atoms with Gasteiger partial charge in [-0.25, -0.2) is 0 Å². The van der Waals surface area contributed by atoms with E-state index in [-0.39, 0.29) is 0 Å². The Morgan fingerprint density at radius 2 is 1.47 bits per heavy atom. The van der Waals surface area contributed by atoms with Crippen LogP contribution in [0.25, 0.3) is 0 Å². The summed E-state index contributed by atoms with van der Waals surface area (Å²) in [7, 11) is 0. The van der Waals surface area contributed by atoms with Gasteiger partial charge in [-0.2, -0.15) is 0 Å². The molecule has 2 N–H and O–H groups in total. The van der Waals surface area contributed by atoms with Crippen LogP contribution in [0.4, 0.5) is 0 Å². The fourth-order valence-electron chi connectivity index (χ4n) is 6.41. The second kappa shape index (κ2) is 3.55. The molecule has 3 heteroatoms. The first-order chi connectivity index (χ1) is 9.24. The van der Waals surface area contributed by atoms with E-state index in [0.717, 1.165) is 36.5 Å². The molecule has 3 aliphatic carbocycles. The zero-order chi connectivity index (χ0) is 12.7. The van der Waals surface area contributed by atoms with Crippen LogP contribution in [0.5, 0.6) is 0 Å². The maximum Gasteiger partial charge on any atom is 0.226 e. The van der Waals surface area contributed by atoms with E-state index in [1.807, 2.05) is 0 Å². The van der Waals surface area contributed by atoms with E-state index in [0.29, 0.717) is 30.0 Å². The SMILES string of the molecule is NC1CC2CCC(C1)N2C(=O)C1C2C3CCC(C3)C12. The van der Waals surface area contributed by atoms with Crippen molar-refractivity contribution in [3.8, 4) is 0 Å². The van der Waals surface area contributed by atoms with Gasteiger partial charge in [0.05, 0.1) is 0 Å². The first-order valence-corrected chi connectivity index (χ1v) is 8.32. The third-order valence-corrected chi connectivity index (χ3v) is 7.04. The van der Waals surface area contributed by atoms with Crippen molar-refractivity contribution < 1.29 is 4.79 Å². The van der Waals surface area contributed by atoms with E-state index in [1.165, 1.54) is 32.1 Å². The Hall–Kier alpha value is -0.570. The Bertz CT molecular complexity index is 406. The Morgan fingerprint density at radius 3 is 2.05 bits per heavy atom. The number of fused-ring (bicyclic) bond motifs is 7. The summed E-state index contributed by atoms with van der Waals surface area (Å²) >= 11 is 0. The van der Waals surface area contributed by atoms with E-state index < -0.39 is 0 Å². The molecule has 0 radical (unpaired) electrons. The van der Waals surface area contributed by atoms with E-state index in [4.69, 9.17) is 5.73 Å². The van der Waals surface area contributed by atoms with E-state index >= 15 is 0 Å². The van der Waals surface area contributed by atoms with Gasteiger partial charge in [-0.05, 0) is 68.6 Å². The lowest BCUT2D eigenvalue weighted by Gasteiger charge is -2.38. The van der Waals surface area contributed by atoms with Gasteiger partial charge in [-0.1, -0.05) is 0 Å². The molecular weight excluding hydrogens is 236 g/mol. The first kappa shape index (κ1) is 11.1. The molecule has 0 aromatic carbocycles. The molecule has 104 valence electrons. The molecule has 3 saturated carbocycles. The fourth-order valence-corrected chi connectivity index (χ4v) is 6.41. The Kier molecular flexibility index (Phi) is 2.08. The molecule has 4 bridgehead atoms. The van der Waals surface area contributed by atoms with Crippen LogP contribution in [0.3, 0.4) is 0 Å². The molecule has 3 nitrogen and oxygen atoms in total. The predicted octanol–water partition coefficient (Wildman–Crippen LogP) is 1.76. The number of carbonyl (C=O) groups excluding carboxylic acids is 1. The van der Waals surface area contributed by atoms with Gasteiger partial charge >= 0.3 is 0 Å². The van der Waals surface area contributed by atoms with Gasteiger partial charge in [0.25, 0.3) is 0 Å². The summed E-state index contributed by atoms with van der Waals surface area (Å²) in [5.41, 5.74) is 6.12. The molecule has 19 heavy (non-hydrogen) atoms. The summed E-state index contributed by atoms with van der Waals surface area (Å²) in [4.78, 5) is 15.2. The molecule has 1 amide bonds. The Morgan fingerprint density at radius 1 is 0.895 bits per heavy atom. The Balaban J connectivity index is 1.37. The predicted molar refractivity (Wildman–Crippen MR) is 72.2 cm³/mol. The van der Waals surface area contributed by atoms with Gasteiger partial charge in [-0.15, -0.1) is 0 Å². The standard InChI is InChI=1S/C16H24N2O/c17-10-6-11-3-4-12(7-10)18(11)16(19)15-13-8-1-2-9(5-8)14(13)15/h8-15H,1-7,17H2. The highest BCUT2D eigenvalue weighted by Gasteiger charge is 2.68. The number of piperidine rings is 1. The zero-order valence-corrected chi connectivity index (χ0v) is 11.5. The van der Waals surface area contributed by atoms with Crippen molar-refractivity contribution in [2.45, 2.75) is 63.1 Å². The quantitative estimate of drug-likeness (QED) is 0.781. The summed E-state index contributed by atoms with van der Waals surface area (Å²) < 4.78 is 0. The average Bonchev–Trinajstić information content (AvgIpc) is 2.68. The zero-order valence-electron chi connectivity index (χ0n) is 11.5. The van der Waals surface area contributed by atoms with Crippen molar-refractivity contribution in [1.82, 2.24) is 4.90 Å². The van der Waals surface area contributed by atoms with Gasteiger partial charge in [-0.3, -0.25) is 4.79 Å². The maximum absolute atomic E-state index is 12.9. The van der Waals surface area contributed by atoms with Crippen molar-refractivity contribution in [3.05, 3.63) is 0 Å². The van der Waals surface area contributed by atoms with E-state index in [1.54, 1.807) is 0 Å². The molecule has 6 atom stereocenters. The molecule has 0 aromatic rings. The monoisotopic (exact) mass is 260 g/mol. The minimum atomic E-state index is 0.344. The first-order valence-electron chi connectivity index (χ1n) is 8.32. The molecule has 5 aliphatic rings. The van der Waals surface area contributed by atoms with Crippen LogP contribution in [0.15, 0.2) is 0 Å². The topological polar surface area (TPSA) is 46.3 Å². The molecule has 6 unspecified atom stereocenters. The summed E-state index contributed by atoms with van der Waals surface area (Å²) in [6, 6.07) is 1.32. The molecule has 2 heterocycles. The minimum absolute atomic E-state index is 0.344. The van der Waals surface area contributed by atoms with Crippen molar-refractivity contribution in [2.24, 2.45) is 35.3 Å². The van der Waals surface area contributed by atoms with Crippen LogP contribution in [-0.2, 0) is 4.79 Å². The third-order valence-electron chi connectivity index (χ3n) is 7.04. The molecule has 2 saturated heterocycles. The largest absolute Gasteiger partial charge is 0.336 e. The van der Waals surface area contributed by atoms with Gasteiger partial charge in [0.15, 0.2) is 0 Å². The number of amides is 1. The maximum atomic E-state index is 12.9. The summed E-state index contributed by atoms with van der Waals surface area (Å²) in [5.74, 6) is 4.37. The van der Waals surface area contributed by atoms with E-state index in [2.05, 4.69) is 4.90 Å².